The van der Waals surface area contributed by atoms with E-state index in [2.05, 4.69) is 4.98 Å². The molecular weight excluding hydrogens is 306 g/mol. The van der Waals surface area contributed by atoms with Crippen LogP contribution in [0.1, 0.15) is 17.7 Å². The molecule has 2 aromatic rings. The molecule has 1 atom stereocenters. The second kappa shape index (κ2) is 5.26. The number of carbonyl (C=O) groups excluding carboxylic acids is 2. The van der Waals surface area contributed by atoms with Crippen molar-refractivity contribution >= 4 is 22.9 Å². The number of aromatic nitrogens is 1. The van der Waals surface area contributed by atoms with Crippen LogP contribution in [0, 0.1) is 6.92 Å². The van der Waals surface area contributed by atoms with Gasteiger partial charge in [0, 0.05) is 36.6 Å². The van der Waals surface area contributed by atoms with Crippen molar-refractivity contribution in [3.8, 4) is 0 Å². The van der Waals surface area contributed by atoms with E-state index in [4.69, 9.17) is 4.74 Å². The number of nitrogens with zero attached hydrogens (tertiary/aromatic N) is 2. The average molecular weight is 327 g/mol. The van der Waals surface area contributed by atoms with Gasteiger partial charge in [-0.25, -0.2) is 4.79 Å². The summed E-state index contributed by atoms with van der Waals surface area (Å²) in [5.41, 5.74) is 2.63. The number of ether oxygens (including phenoxy) is 1. The largest absolute Gasteiger partial charge is 0.439 e. The minimum atomic E-state index is -0.517. The average Bonchev–Trinajstić information content (AvgIpc) is 3.18. The molecule has 24 heavy (non-hydrogen) atoms. The summed E-state index contributed by atoms with van der Waals surface area (Å²) in [5.74, 6) is 0.0883. The number of aromatic amines is 1. The molecule has 1 N–H and O–H groups in total. The van der Waals surface area contributed by atoms with Crippen molar-refractivity contribution in [3.63, 3.8) is 0 Å². The van der Waals surface area contributed by atoms with Crippen LogP contribution in [0.25, 0.3) is 10.9 Å². The van der Waals surface area contributed by atoms with E-state index in [1.807, 2.05) is 36.1 Å². The zero-order chi connectivity index (χ0) is 16.9. The van der Waals surface area contributed by atoms with Gasteiger partial charge in [-0.1, -0.05) is 18.2 Å². The molecule has 0 bridgehead atoms. The fourth-order valence-electron chi connectivity index (χ4n) is 3.89. The molecule has 2 saturated heterocycles. The molecule has 6 heteroatoms. The van der Waals surface area contributed by atoms with Crippen LogP contribution in [0.2, 0.25) is 0 Å². The van der Waals surface area contributed by atoms with E-state index in [0.717, 1.165) is 22.2 Å². The number of fused-ring (bicyclic) bond motifs is 1. The highest BCUT2D eigenvalue weighted by molar-refractivity contribution is 5.90. The van der Waals surface area contributed by atoms with Crippen molar-refractivity contribution in [3.05, 3.63) is 35.5 Å². The molecule has 1 aromatic carbocycles. The molecule has 0 aliphatic carbocycles. The molecule has 1 spiro atoms. The van der Waals surface area contributed by atoms with Crippen LogP contribution < -0.4 is 0 Å². The van der Waals surface area contributed by atoms with Gasteiger partial charge in [-0.3, -0.25) is 4.79 Å². The van der Waals surface area contributed by atoms with Crippen LogP contribution >= 0.6 is 0 Å². The first-order chi connectivity index (χ1) is 11.5. The number of likely N-dealkylation sites (tertiary alicyclic amines) is 1. The Hall–Kier alpha value is -2.50. The number of likely N-dealkylation sites (N-methyl/N-ethyl adjacent to an activating group) is 1. The first-order valence-electron chi connectivity index (χ1n) is 8.25. The number of aryl methyl sites for hydroxylation is 1. The number of amides is 2. The topological polar surface area (TPSA) is 65.6 Å². The summed E-state index contributed by atoms with van der Waals surface area (Å²) in [6.45, 7) is 3.69. The number of nitrogens with one attached hydrogen (secondary N) is 1. The van der Waals surface area contributed by atoms with Gasteiger partial charge in [0.05, 0.1) is 19.5 Å². The van der Waals surface area contributed by atoms with E-state index in [1.54, 1.807) is 11.9 Å². The molecule has 4 rings (SSSR count). The van der Waals surface area contributed by atoms with Crippen molar-refractivity contribution in [1.82, 2.24) is 14.8 Å². The Kier molecular flexibility index (Phi) is 3.30. The van der Waals surface area contributed by atoms with E-state index < -0.39 is 5.60 Å². The van der Waals surface area contributed by atoms with Crippen LogP contribution in [-0.4, -0.2) is 59.1 Å². The standard InChI is InChI=1S/C18H21N3O3/c1-12-14(13-5-3-4-6-15(13)19-12)9-16(22)21-8-7-18(11-21)10-20(2)17(23)24-18/h3-6,19H,7-11H2,1-2H3/t18-/m0/s1. The Bertz CT molecular complexity index is 828. The predicted octanol–water partition coefficient (Wildman–Crippen LogP) is 2.07. The Morgan fingerprint density at radius 3 is 2.88 bits per heavy atom. The molecule has 6 nitrogen and oxygen atoms in total. The summed E-state index contributed by atoms with van der Waals surface area (Å²) in [5, 5.41) is 1.10. The summed E-state index contributed by atoms with van der Waals surface area (Å²) in [7, 11) is 1.73. The molecule has 126 valence electrons. The van der Waals surface area contributed by atoms with Crippen LogP contribution in [0.5, 0.6) is 0 Å². The van der Waals surface area contributed by atoms with Crippen LogP contribution in [-0.2, 0) is 16.0 Å². The first kappa shape index (κ1) is 15.1. The Morgan fingerprint density at radius 2 is 2.12 bits per heavy atom. The van der Waals surface area contributed by atoms with Gasteiger partial charge in [0.25, 0.3) is 0 Å². The minimum absolute atomic E-state index is 0.0883. The van der Waals surface area contributed by atoms with Gasteiger partial charge in [-0.2, -0.15) is 0 Å². The van der Waals surface area contributed by atoms with Crippen molar-refractivity contribution in [2.45, 2.75) is 25.4 Å². The Labute approximate surface area is 140 Å². The smallest absolute Gasteiger partial charge is 0.410 e. The molecule has 2 aliphatic heterocycles. The lowest BCUT2D eigenvalue weighted by Crippen LogP contribution is -2.39. The van der Waals surface area contributed by atoms with Crippen molar-refractivity contribution < 1.29 is 14.3 Å². The molecule has 0 radical (unpaired) electrons. The number of para-hydroxylation sites is 1. The number of hydrogen-bond donors (Lipinski definition) is 1. The van der Waals surface area contributed by atoms with E-state index in [1.165, 1.54) is 0 Å². The van der Waals surface area contributed by atoms with Crippen LogP contribution in [0.15, 0.2) is 24.3 Å². The second-order valence-electron chi connectivity index (χ2n) is 6.92. The molecule has 2 aliphatic rings. The first-order valence-corrected chi connectivity index (χ1v) is 8.25. The number of carbonyl (C=O) groups is 2. The number of H-pyrrole nitrogens is 1. The predicted molar refractivity (Wildman–Crippen MR) is 89.8 cm³/mol. The molecule has 0 saturated carbocycles. The van der Waals surface area contributed by atoms with E-state index in [0.29, 0.717) is 32.5 Å². The Morgan fingerprint density at radius 1 is 1.33 bits per heavy atom. The van der Waals surface area contributed by atoms with E-state index in [-0.39, 0.29) is 12.0 Å². The van der Waals surface area contributed by atoms with Gasteiger partial charge in [-0.15, -0.1) is 0 Å². The van der Waals surface area contributed by atoms with Gasteiger partial charge >= 0.3 is 6.09 Å². The normalized spacial score (nSPS) is 23.5. The van der Waals surface area contributed by atoms with Crippen molar-refractivity contribution in [2.75, 3.05) is 26.7 Å². The monoisotopic (exact) mass is 327 g/mol. The molecular formula is C18H21N3O3. The van der Waals surface area contributed by atoms with E-state index >= 15 is 0 Å². The lowest BCUT2D eigenvalue weighted by molar-refractivity contribution is -0.130. The highest BCUT2D eigenvalue weighted by Crippen LogP contribution is 2.32. The quantitative estimate of drug-likeness (QED) is 0.918. The lowest BCUT2D eigenvalue weighted by atomic mass is 10.0. The summed E-state index contributed by atoms with van der Waals surface area (Å²) in [6, 6.07) is 8.04. The summed E-state index contributed by atoms with van der Waals surface area (Å²) in [6.07, 6.45) is 0.786. The fourth-order valence-corrected chi connectivity index (χ4v) is 3.89. The highest BCUT2D eigenvalue weighted by Gasteiger charge is 2.49. The third-order valence-electron chi connectivity index (χ3n) is 5.16. The molecule has 0 unspecified atom stereocenters. The maximum absolute atomic E-state index is 12.8. The van der Waals surface area contributed by atoms with E-state index in [9.17, 15) is 9.59 Å². The SMILES string of the molecule is Cc1[nH]c2ccccc2c1CC(=O)N1CC[C@]2(CN(C)C(=O)O2)C1. The third kappa shape index (κ3) is 2.33. The number of hydrogen-bond acceptors (Lipinski definition) is 3. The van der Waals surface area contributed by atoms with Crippen LogP contribution in [0.3, 0.4) is 0 Å². The zero-order valence-electron chi connectivity index (χ0n) is 14.0. The lowest BCUT2D eigenvalue weighted by Gasteiger charge is -2.21. The van der Waals surface area contributed by atoms with Gasteiger partial charge in [-0.05, 0) is 18.6 Å². The number of benzene rings is 1. The maximum atomic E-state index is 12.8. The number of rotatable bonds is 2. The minimum Gasteiger partial charge on any atom is -0.439 e. The zero-order valence-corrected chi connectivity index (χ0v) is 14.0. The van der Waals surface area contributed by atoms with Crippen LogP contribution in [0.4, 0.5) is 4.79 Å². The van der Waals surface area contributed by atoms with Gasteiger partial charge in [0.1, 0.15) is 0 Å². The molecule has 2 amide bonds. The summed E-state index contributed by atoms with van der Waals surface area (Å²) in [4.78, 5) is 31.2. The fraction of sp³-hybridized carbons (Fsp3) is 0.444. The molecule has 1 aromatic heterocycles. The summed E-state index contributed by atoms with van der Waals surface area (Å²) < 4.78 is 5.52. The Balaban J connectivity index is 1.51. The molecule has 3 heterocycles. The third-order valence-corrected chi connectivity index (χ3v) is 5.16. The highest BCUT2D eigenvalue weighted by atomic mass is 16.6. The second-order valence-corrected chi connectivity index (χ2v) is 6.92. The summed E-state index contributed by atoms with van der Waals surface area (Å²) >= 11 is 0. The van der Waals surface area contributed by atoms with Crippen molar-refractivity contribution in [1.29, 1.82) is 0 Å². The van der Waals surface area contributed by atoms with Gasteiger partial charge in [0.15, 0.2) is 5.60 Å². The van der Waals surface area contributed by atoms with Gasteiger partial charge < -0.3 is 19.5 Å². The van der Waals surface area contributed by atoms with Crippen molar-refractivity contribution in [2.24, 2.45) is 0 Å². The molecule has 2 fully saturated rings. The van der Waals surface area contributed by atoms with Gasteiger partial charge in [0.2, 0.25) is 5.91 Å². The maximum Gasteiger partial charge on any atom is 0.410 e.